The van der Waals surface area contributed by atoms with Crippen molar-refractivity contribution >= 4 is 5.91 Å². The van der Waals surface area contributed by atoms with Gasteiger partial charge in [-0.05, 0) is 23.3 Å². The summed E-state index contributed by atoms with van der Waals surface area (Å²) in [6.07, 6.45) is 0. The number of carbonyl (C=O) groups excluding carboxylic acids is 1. The Morgan fingerprint density at radius 2 is 1.56 bits per heavy atom. The lowest BCUT2D eigenvalue weighted by molar-refractivity contribution is -0.118. The number of primary amides is 1. The molecule has 0 fully saturated rings. The minimum atomic E-state index is -0.473. The highest BCUT2D eigenvalue weighted by Gasteiger charge is 2.19. The molecular formula is C15H12N2O. The van der Waals surface area contributed by atoms with Gasteiger partial charge in [0.15, 0.2) is 0 Å². The van der Waals surface area contributed by atoms with Gasteiger partial charge >= 0.3 is 0 Å². The molecule has 1 amide bonds. The van der Waals surface area contributed by atoms with Crippen LogP contribution in [0.3, 0.4) is 0 Å². The van der Waals surface area contributed by atoms with Gasteiger partial charge in [-0.1, -0.05) is 42.5 Å². The van der Waals surface area contributed by atoms with Gasteiger partial charge in [0, 0.05) is 0 Å². The Kier molecular flexibility index (Phi) is 3.40. The van der Waals surface area contributed by atoms with E-state index in [-0.39, 0.29) is 0 Å². The summed E-state index contributed by atoms with van der Waals surface area (Å²) in [4.78, 5) is 11.6. The van der Waals surface area contributed by atoms with E-state index in [2.05, 4.69) is 0 Å². The summed E-state index contributed by atoms with van der Waals surface area (Å²) in [6, 6.07) is 18.3. The fourth-order valence-electron chi connectivity index (χ4n) is 1.92. The zero-order valence-corrected chi connectivity index (χ0v) is 9.71. The number of rotatable bonds is 3. The van der Waals surface area contributed by atoms with E-state index in [1.807, 2.05) is 36.4 Å². The van der Waals surface area contributed by atoms with Crippen LogP contribution in [0.1, 0.15) is 22.6 Å². The normalized spacial score (nSPS) is 11.5. The second-order valence-electron chi connectivity index (χ2n) is 3.98. The largest absolute Gasteiger partial charge is 0.369 e. The molecule has 0 heterocycles. The summed E-state index contributed by atoms with van der Waals surface area (Å²) >= 11 is 0. The lowest BCUT2D eigenvalue weighted by atomic mass is 9.90. The maximum atomic E-state index is 11.6. The van der Waals surface area contributed by atoms with Crippen LogP contribution in [0.5, 0.6) is 0 Å². The van der Waals surface area contributed by atoms with E-state index in [1.54, 1.807) is 24.3 Å². The van der Waals surface area contributed by atoms with E-state index in [0.29, 0.717) is 5.56 Å². The average Bonchev–Trinajstić information content (AvgIpc) is 2.40. The third kappa shape index (κ3) is 2.38. The van der Waals surface area contributed by atoms with Crippen LogP contribution in [0.25, 0.3) is 0 Å². The molecule has 0 saturated carbocycles. The predicted octanol–water partition coefficient (Wildman–Crippen LogP) is 2.18. The summed E-state index contributed by atoms with van der Waals surface area (Å²) < 4.78 is 0. The molecule has 0 aliphatic carbocycles. The van der Waals surface area contributed by atoms with Crippen molar-refractivity contribution in [2.75, 3.05) is 0 Å². The Morgan fingerprint density at radius 3 is 2.06 bits per heavy atom. The number of nitrogens with zero attached hydrogens (tertiary/aromatic N) is 1. The topological polar surface area (TPSA) is 66.9 Å². The number of benzene rings is 2. The van der Waals surface area contributed by atoms with Crippen LogP contribution in [0.2, 0.25) is 0 Å². The first-order valence-electron chi connectivity index (χ1n) is 5.56. The van der Waals surface area contributed by atoms with Gasteiger partial charge in [0.1, 0.15) is 0 Å². The van der Waals surface area contributed by atoms with E-state index < -0.39 is 11.8 Å². The van der Waals surface area contributed by atoms with Crippen LogP contribution in [0.4, 0.5) is 0 Å². The molecule has 0 saturated heterocycles. The summed E-state index contributed by atoms with van der Waals surface area (Å²) in [5, 5.41) is 8.75. The number of nitrogens with two attached hydrogens (primary N) is 1. The highest BCUT2D eigenvalue weighted by molar-refractivity contribution is 5.85. The molecule has 2 aromatic rings. The Morgan fingerprint density at radius 1 is 1.00 bits per heavy atom. The first-order chi connectivity index (χ1) is 8.72. The van der Waals surface area contributed by atoms with Crippen molar-refractivity contribution in [3.05, 3.63) is 71.3 Å². The molecule has 0 spiro atoms. The molecule has 0 aromatic heterocycles. The summed E-state index contributed by atoms with van der Waals surface area (Å²) in [5.41, 5.74) is 7.69. The van der Waals surface area contributed by atoms with Gasteiger partial charge in [0.05, 0.1) is 17.6 Å². The van der Waals surface area contributed by atoms with Gasteiger partial charge in [0.25, 0.3) is 0 Å². The standard InChI is InChI=1S/C15H12N2O/c16-10-11-6-8-13(9-7-11)14(15(17)18)12-4-2-1-3-5-12/h1-9,14H,(H2,17,18). The van der Waals surface area contributed by atoms with Gasteiger partial charge in [-0.2, -0.15) is 5.26 Å². The Balaban J connectivity index is 2.43. The fourth-order valence-corrected chi connectivity index (χ4v) is 1.92. The molecule has 0 radical (unpaired) electrons. The lowest BCUT2D eigenvalue weighted by Gasteiger charge is -2.14. The molecule has 88 valence electrons. The quantitative estimate of drug-likeness (QED) is 0.887. The monoisotopic (exact) mass is 236 g/mol. The second kappa shape index (κ2) is 5.15. The molecular weight excluding hydrogens is 224 g/mol. The van der Waals surface area contributed by atoms with Crippen molar-refractivity contribution in [3.8, 4) is 6.07 Å². The van der Waals surface area contributed by atoms with Gasteiger partial charge in [-0.25, -0.2) is 0 Å². The summed E-state index contributed by atoms with van der Waals surface area (Å²) in [5.74, 6) is -0.871. The summed E-state index contributed by atoms with van der Waals surface area (Å²) in [6.45, 7) is 0. The van der Waals surface area contributed by atoms with E-state index in [1.165, 1.54) is 0 Å². The molecule has 3 heteroatoms. The average molecular weight is 236 g/mol. The predicted molar refractivity (Wildman–Crippen MR) is 68.6 cm³/mol. The fraction of sp³-hybridized carbons (Fsp3) is 0.0667. The van der Waals surface area contributed by atoms with Crippen LogP contribution >= 0.6 is 0 Å². The maximum absolute atomic E-state index is 11.6. The molecule has 0 bridgehead atoms. The maximum Gasteiger partial charge on any atom is 0.229 e. The summed E-state index contributed by atoms with van der Waals surface area (Å²) in [7, 11) is 0. The van der Waals surface area contributed by atoms with E-state index in [0.717, 1.165) is 11.1 Å². The van der Waals surface area contributed by atoms with E-state index >= 15 is 0 Å². The molecule has 18 heavy (non-hydrogen) atoms. The molecule has 0 aliphatic rings. The Labute approximate surface area is 105 Å². The molecule has 2 rings (SSSR count). The van der Waals surface area contributed by atoms with Crippen LogP contribution in [-0.4, -0.2) is 5.91 Å². The number of amides is 1. The number of hydrogen-bond acceptors (Lipinski definition) is 2. The minimum absolute atomic E-state index is 0.397. The van der Waals surface area contributed by atoms with Crippen LogP contribution < -0.4 is 5.73 Å². The van der Waals surface area contributed by atoms with Gasteiger partial charge in [-0.15, -0.1) is 0 Å². The Bertz CT molecular complexity index is 582. The first kappa shape index (κ1) is 11.9. The lowest BCUT2D eigenvalue weighted by Crippen LogP contribution is -2.22. The minimum Gasteiger partial charge on any atom is -0.369 e. The highest BCUT2D eigenvalue weighted by atomic mass is 16.1. The van der Waals surface area contributed by atoms with Crippen molar-refractivity contribution in [2.45, 2.75) is 5.92 Å². The van der Waals surface area contributed by atoms with Gasteiger partial charge in [0.2, 0.25) is 5.91 Å². The van der Waals surface area contributed by atoms with Crippen LogP contribution in [-0.2, 0) is 4.79 Å². The number of nitriles is 1. The van der Waals surface area contributed by atoms with Gasteiger partial charge in [-0.3, -0.25) is 4.79 Å². The smallest absolute Gasteiger partial charge is 0.229 e. The molecule has 2 aromatic carbocycles. The van der Waals surface area contributed by atoms with Crippen LogP contribution in [0.15, 0.2) is 54.6 Å². The highest BCUT2D eigenvalue weighted by Crippen LogP contribution is 2.24. The van der Waals surface area contributed by atoms with E-state index in [9.17, 15) is 4.79 Å². The van der Waals surface area contributed by atoms with Crippen molar-refractivity contribution in [1.29, 1.82) is 5.26 Å². The second-order valence-corrected chi connectivity index (χ2v) is 3.98. The molecule has 1 unspecified atom stereocenters. The number of carbonyl (C=O) groups is 1. The Hall–Kier alpha value is -2.60. The molecule has 1 atom stereocenters. The van der Waals surface area contributed by atoms with Crippen molar-refractivity contribution < 1.29 is 4.79 Å². The molecule has 0 aliphatic heterocycles. The van der Waals surface area contributed by atoms with Gasteiger partial charge < -0.3 is 5.73 Å². The van der Waals surface area contributed by atoms with Crippen LogP contribution in [0, 0.1) is 11.3 Å². The van der Waals surface area contributed by atoms with Crippen molar-refractivity contribution in [2.24, 2.45) is 5.73 Å². The molecule has 3 nitrogen and oxygen atoms in total. The third-order valence-corrected chi connectivity index (χ3v) is 2.79. The zero-order valence-electron chi connectivity index (χ0n) is 9.71. The SMILES string of the molecule is N#Cc1ccc(C(C(N)=O)c2ccccc2)cc1. The third-order valence-electron chi connectivity index (χ3n) is 2.79. The zero-order chi connectivity index (χ0) is 13.0. The number of hydrogen-bond donors (Lipinski definition) is 1. The molecule has 2 N–H and O–H groups in total. The van der Waals surface area contributed by atoms with Crippen molar-refractivity contribution in [1.82, 2.24) is 0 Å². The van der Waals surface area contributed by atoms with Crippen molar-refractivity contribution in [3.63, 3.8) is 0 Å². The first-order valence-corrected chi connectivity index (χ1v) is 5.56. The van der Waals surface area contributed by atoms with E-state index in [4.69, 9.17) is 11.0 Å².